The Labute approximate surface area is 89.2 Å². The second-order valence-corrected chi connectivity index (χ2v) is 7.63. The van der Waals surface area contributed by atoms with E-state index in [4.69, 9.17) is 9.47 Å². The second kappa shape index (κ2) is 2.47. The molecule has 2 rings (SSSR count). The Bertz CT molecular complexity index is 204. The maximum atomic E-state index is 5.62. The molecule has 1 atom stereocenters. The molecular formula is C8H12Br2O2. The Morgan fingerprint density at radius 3 is 1.83 bits per heavy atom. The predicted molar refractivity (Wildman–Crippen MR) is 53.6 cm³/mol. The van der Waals surface area contributed by atoms with E-state index >= 15 is 0 Å². The summed E-state index contributed by atoms with van der Waals surface area (Å²) in [5.74, 6) is -0.417. The van der Waals surface area contributed by atoms with Crippen LogP contribution in [0.25, 0.3) is 0 Å². The van der Waals surface area contributed by atoms with Crippen molar-refractivity contribution >= 4 is 31.9 Å². The van der Waals surface area contributed by atoms with Crippen LogP contribution in [0.4, 0.5) is 0 Å². The molecule has 0 spiro atoms. The molecule has 0 N–H and O–H groups in total. The lowest BCUT2D eigenvalue weighted by Crippen LogP contribution is -2.38. The van der Waals surface area contributed by atoms with Gasteiger partial charge in [0.05, 0.1) is 16.4 Å². The third-order valence-corrected chi connectivity index (χ3v) is 5.41. The summed E-state index contributed by atoms with van der Waals surface area (Å²) in [6.45, 7) is 5.61. The van der Waals surface area contributed by atoms with Crippen LogP contribution in [-0.4, -0.2) is 22.2 Å². The van der Waals surface area contributed by atoms with E-state index in [0.717, 1.165) is 6.42 Å². The van der Waals surface area contributed by atoms with Crippen molar-refractivity contribution in [2.75, 3.05) is 13.2 Å². The van der Waals surface area contributed by atoms with Crippen molar-refractivity contribution in [2.45, 2.75) is 29.3 Å². The van der Waals surface area contributed by atoms with Crippen molar-refractivity contribution in [1.29, 1.82) is 0 Å². The zero-order valence-corrected chi connectivity index (χ0v) is 10.4. The van der Waals surface area contributed by atoms with Gasteiger partial charge >= 0.3 is 0 Å². The molecule has 70 valence electrons. The van der Waals surface area contributed by atoms with E-state index in [1.165, 1.54) is 0 Å². The molecule has 1 saturated carbocycles. The molecule has 2 fully saturated rings. The summed E-state index contributed by atoms with van der Waals surface area (Å²) in [6.07, 6.45) is 1.04. The first-order valence-corrected chi connectivity index (χ1v) is 5.66. The van der Waals surface area contributed by atoms with Gasteiger partial charge < -0.3 is 9.47 Å². The highest BCUT2D eigenvalue weighted by atomic mass is 79.9. The Morgan fingerprint density at radius 2 is 1.50 bits per heavy atom. The Hall–Kier alpha value is 0.880. The van der Waals surface area contributed by atoms with Crippen LogP contribution >= 0.6 is 31.9 Å². The number of rotatable bonds is 1. The minimum Gasteiger partial charge on any atom is -0.347 e. The molecule has 12 heavy (non-hydrogen) atoms. The lowest BCUT2D eigenvalue weighted by molar-refractivity contribution is -0.187. The molecule has 1 aliphatic carbocycles. The van der Waals surface area contributed by atoms with Gasteiger partial charge in [-0.15, -0.1) is 0 Å². The van der Waals surface area contributed by atoms with Crippen LogP contribution in [0.15, 0.2) is 0 Å². The zero-order chi connectivity index (χ0) is 9.04. The highest BCUT2D eigenvalue weighted by Gasteiger charge is 2.72. The fourth-order valence-corrected chi connectivity index (χ4v) is 3.57. The van der Waals surface area contributed by atoms with Gasteiger partial charge in [0.15, 0.2) is 5.79 Å². The molecular weight excluding hydrogens is 288 g/mol. The van der Waals surface area contributed by atoms with Gasteiger partial charge in [0.25, 0.3) is 0 Å². The first kappa shape index (κ1) is 9.44. The molecule has 0 radical (unpaired) electrons. The molecule has 0 bridgehead atoms. The van der Waals surface area contributed by atoms with E-state index in [9.17, 15) is 0 Å². The van der Waals surface area contributed by atoms with Crippen LogP contribution < -0.4 is 0 Å². The summed E-state index contributed by atoms with van der Waals surface area (Å²) in [7, 11) is 0. The summed E-state index contributed by atoms with van der Waals surface area (Å²) in [5, 5.41) is 0. The Kier molecular flexibility index (Phi) is 1.94. The highest BCUT2D eigenvalue weighted by Crippen LogP contribution is 2.72. The normalized spacial score (nSPS) is 43.0. The van der Waals surface area contributed by atoms with Gasteiger partial charge in [-0.3, -0.25) is 0 Å². The van der Waals surface area contributed by atoms with E-state index in [1.807, 2.05) is 6.92 Å². The Morgan fingerprint density at radius 1 is 1.08 bits per heavy atom. The maximum absolute atomic E-state index is 5.62. The van der Waals surface area contributed by atoms with E-state index in [1.54, 1.807) is 0 Å². The predicted octanol–water partition coefficient (Wildman–Crippen LogP) is 2.65. The molecule has 0 aromatic heterocycles. The van der Waals surface area contributed by atoms with Crippen LogP contribution in [0.3, 0.4) is 0 Å². The average Bonchev–Trinajstić information content (AvgIpc) is 2.39. The summed E-state index contributed by atoms with van der Waals surface area (Å²) < 4.78 is 11.2. The third-order valence-electron chi connectivity index (χ3n) is 3.10. The smallest absolute Gasteiger partial charge is 0.173 e. The van der Waals surface area contributed by atoms with Gasteiger partial charge in [-0.05, 0) is 13.3 Å². The number of hydrogen-bond acceptors (Lipinski definition) is 2. The highest BCUT2D eigenvalue weighted by molar-refractivity contribution is 9.25. The molecule has 1 heterocycles. The number of ether oxygens (including phenoxy) is 2. The summed E-state index contributed by atoms with van der Waals surface area (Å²) >= 11 is 7.22. The van der Waals surface area contributed by atoms with E-state index in [0.29, 0.717) is 13.2 Å². The van der Waals surface area contributed by atoms with E-state index in [2.05, 4.69) is 38.8 Å². The quantitative estimate of drug-likeness (QED) is 0.693. The number of alkyl halides is 2. The summed E-state index contributed by atoms with van der Waals surface area (Å²) in [4.78, 5) is 0. The van der Waals surface area contributed by atoms with Crippen LogP contribution in [0.5, 0.6) is 0 Å². The lowest BCUT2D eigenvalue weighted by Gasteiger charge is -2.31. The zero-order valence-electron chi connectivity index (χ0n) is 7.19. The lowest BCUT2D eigenvalue weighted by atomic mass is 9.99. The first-order chi connectivity index (χ1) is 5.41. The average molecular weight is 300 g/mol. The summed E-state index contributed by atoms with van der Waals surface area (Å²) in [6, 6.07) is 0. The molecule has 1 aliphatic heterocycles. The van der Waals surface area contributed by atoms with E-state index < -0.39 is 5.79 Å². The van der Waals surface area contributed by atoms with Crippen molar-refractivity contribution in [3.8, 4) is 0 Å². The second-order valence-electron chi connectivity index (χ2n) is 3.86. The van der Waals surface area contributed by atoms with Crippen molar-refractivity contribution in [3.05, 3.63) is 0 Å². The fraction of sp³-hybridized carbons (Fsp3) is 1.00. The third kappa shape index (κ3) is 1.04. The van der Waals surface area contributed by atoms with Crippen molar-refractivity contribution in [2.24, 2.45) is 5.41 Å². The molecule has 2 aliphatic rings. The minimum absolute atomic E-state index is 0.00604. The SMILES string of the molecule is CC1([C@]2(C)CC2(Br)Br)OCCO1. The standard InChI is InChI=1S/C8H12Br2O2/c1-6(5-8(6,9)10)7(2)11-3-4-12-7/h3-5H2,1-2H3/t6-/m0/s1. The Balaban J connectivity index is 2.20. The van der Waals surface area contributed by atoms with Crippen LogP contribution in [-0.2, 0) is 9.47 Å². The molecule has 2 nitrogen and oxygen atoms in total. The van der Waals surface area contributed by atoms with Gasteiger partial charge in [0.2, 0.25) is 0 Å². The van der Waals surface area contributed by atoms with E-state index in [-0.39, 0.29) is 8.65 Å². The number of halogens is 2. The number of hydrogen-bond donors (Lipinski definition) is 0. The fourth-order valence-electron chi connectivity index (χ4n) is 1.73. The monoisotopic (exact) mass is 298 g/mol. The van der Waals surface area contributed by atoms with Gasteiger partial charge in [-0.2, -0.15) is 0 Å². The van der Waals surface area contributed by atoms with Gasteiger partial charge in [-0.25, -0.2) is 0 Å². The molecule has 0 aromatic rings. The largest absolute Gasteiger partial charge is 0.347 e. The first-order valence-electron chi connectivity index (χ1n) is 4.07. The maximum Gasteiger partial charge on any atom is 0.173 e. The van der Waals surface area contributed by atoms with Gasteiger partial charge in [-0.1, -0.05) is 38.8 Å². The van der Waals surface area contributed by atoms with Crippen LogP contribution in [0, 0.1) is 5.41 Å². The van der Waals surface area contributed by atoms with Crippen molar-refractivity contribution in [3.63, 3.8) is 0 Å². The van der Waals surface area contributed by atoms with Gasteiger partial charge in [0, 0.05) is 5.41 Å². The van der Waals surface area contributed by atoms with Gasteiger partial charge in [0.1, 0.15) is 0 Å². The van der Waals surface area contributed by atoms with Crippen LogP contribution in [0.1, 0.15) is 20.3 Å². The molecule has 1 saturated heterocycles. The molecule has 4 heteroatoms. The van der Waals surface area contributed by atoms with Crippen molar-refractivity contribution in [1.82, 2.24) is 0 Å². The van der Waals surface area contributed by atoms with Crippen LogP contribution in [0.2, 0.25) is 0 Å². The molecule has 0 amide bonds. The van der Waals surface area contributed by atoms with Crippen molar-refractivity contribution < 1.29 is 9.47 Å². The molecule has 0 aromatic carbocycles. The molecule has 0 unspecified atom stereocenters. The minimum atomic E-state index is -0.417. The topological polar surface area (TPSA) is 18.5 Å². The summed E-state index contributed by atoms with van der Waals surface area (Å²) in [5.41, 5.74) is 0.0521.